The minimum Gasteiger partial charge on any atom is -0.497 e. The van der Waals surface area contributed by atoms with Crippen LogP contribution in [0, 0.1) is 0 Å². The van der Waals surface area contributed by atoms with Crippen LogP contribution in [0.15, 0.2) is 24.3 Å². The lowest BCUT2D eigenvalue weighted by molar-refractivity contribution is -0.138. The predicted molar refractivity (Wildman–Crippen MR) is 54.8 cm³/mol. The monoisotopic (exact) mass is 217 g/mol. The number of benzene rings is 1. The summed E-state index contributed by atoms with van der Waals surface area (Å²) >= 11 is 0. The maximum absolute atomic E-state index is 10.5. The number of rotatable bonds is 3. The molecule has 4 nitrogen and oxygen atoms in total. The third-order valence-electron chi connectivity index (χ3n) is 1.74. The van der Waals surface area contributed by atoms with Gasteiger partial charge in [0.15, 0.2) is 0 Å². The fourth-order valence-corrected chi connectivity index (χ4v) is 0.954. The van der Waals surface area contributed by atoms with Crippen LogP contribution in [-0.4, -0.2) is 18.2 Å². The summed E-state index contributed by atoms with van der Waals surface area (Å²) in [7, 11) is 1.55. The van der Waals surface area contributed by atoms with Gasteiger partial charge in [0.25, 0.3) is 0 Å². The first-order valence-electron chi connectivity index (χ1n) is 3.77. The molecule has 0 fully saturated rings. The van der Waals surface area contributed by atoms with E-state index in [9.17, 15) is 4.79 Å². The van der Waals surface area contributed by atoms with Crippen molar-refractivity contribution >= 4 is 18.4 Å². The molecular formula is C9H12ClNO3. The molecule has 0 saturated carbocycles. The Bertz CT molecular complexity index is 299. The van der Waals surface area contributed by atoms with Crippen molar-refractivity contribution in [2.75, 3.05) is 7.11 Å². The van der Waals surface area contributed by atoms with Crippen LogP contribution in [0.4, 0.5) is 0 Å². The van der Waals surface area contributed by atoms with Crippen molar-refractivity contribution in [3.05, 3.63) is 29.8 Å². The summed E-state index contributed by atoms with van der Waals surface area (Å²) in [5.41, 5.74) is 5.95. The molecule has 0 radical (unpaired) electrons. The van der Waals surface area contributed by atoms with E-state index in [2.05, 4.69) is 0 Å². The lowest BCUT2D eigenvalue weighted by atomic mass is 10.1. The van der Waals surface area contributed by atoms with Gasteiger partial charge >= 0.3 is 5.97 Å². The molecule has 0 aliphatic heterocycles. The number of methoxy groups -OCH3 is 1. The zero-order valence-electron chi connectivity index (χ0n) is 7.64. The average molecular weight is 218 g/mol. The lowest BCUT2D eigenvalue weighted by Crippen LogP contribution is -2.20. The minimum absolute atomic E-state index is 0. The van der Waals surface area contributed by atoms with Crippen molar-refractivity contribution in [1.29, 1.82) is 0 Å². The molecule has 0 heterocycles. The van der Waals surface area contributed by atoms with Gasteiger partial charge in [-0.1, -0.05) is 12.1 Å². The van der Waals surface area contributed by atoms with Crippen LogP contribution in [0.1, 0.15) is 11.6 Å². The Balaban J connectivity index is 0.00000169. The van der Waals surface area contributed by atoms with Crippen molar-refractivity contribution < 1.29 is 14.6 Å². The number of carboxylic acids is 1. The van der Waals surface area contributed by atoms with E-state index in [-0.39, 0.29) is 12.4 Å². The summed E-state index contributed by atoms with van der Waals surface area (Å²) in [6.07, 6.45) is 0. The molecule has 0 aliphatic carbocycles. The first kappa shape index (κ1) is 12.7. The van der Waals surface area contributed by atoms with Crippen molar-refractivity contribution in [2.24, 2.45) is 5.73 Å². The minimum atomic E-state index is -1.04. The molecule has 0 amide bonds. The van der Waals surface area contributed by atoms with Crippen molar-refractivity contribution in [2.45, 2.75) is 6.04 Å². The molecule has 0 saturated heterocycles. The topological polar surface area (TPSA) is 72.5 Å². The van der Waals surface area contributed by atoms with Gasteiger partial charge in [-0.25, -0.2) is 0 Å². The van der Waals surface area contributed by atoms with Gasteiger partial charge in [0.05, 0.1) is 7.11 Å². The smallest absolute Gasteiger partial charge is 0.325 e. The third-order valence-corrected chi connectivity index (χ3v) is 1.74. The first-order chi connectivity index (χ1) is 6.15. The number of carboxylic acid groups (broad SMARTS) is 1. The zero-order chi connectivity index (χ0) is 9.84. The highest BCUT2D eigenvalue weighted by molar-refractivity contribution is 5.85. The highest BCUT2D eigenvalue weighted by Crippen LogP contribution is 2.15. The Morgan fingerprint density at radius 3 is 2.29 bits per heavy atom. The van der Waals surface area contributed by atoms with E-state index in [4.69, 9.17) is 15.6 Å². The molecule has 0 aliphatic rings. The van der Waals surface area contributed by atoms with E-state index in [1.54, 1.807) is 31.4 Å². The molecule has 1 unspecified atom stereocenters. The van der Waals surface area contributed by atoms with Crippen molar-refractivity contribution in [3.63, 3.8) is 0 Å². The number of carbonyl (C=O) groups is 1. The van der Waals surface area contributed by atoms with E-state index < -0.39 is 12.0 Å². The highest BCUT2D eigenvalue weighted by atomic mass is 35.5. The molecule has 3 N–H and O–H groups in total. The average Bonchev–Trinajstić information content (AvgIpc) is 2.17. The second kappa shape index (κ2) is 5.47. The number of ether oxygens (including phenoxy) is 1. The summed E-state index contributed by atoms with van der Waals surface area (Å²) in [6.45, 7) is 0. The summed E-state index contributed by atoms with van der Waals surface area (Å²) in [6, 6.07) is 5.66. The van der Waals surface area contributed by atoms with Gasteiger partial charge in [-0.2, -0.15) is 0 Å². The van der Waals surface area contributed by atoms with Gasteiger partial charge in [-0.3, -0.25) is 4.79 Å². The normalized spacial score (nSPS) is 11.3. The van der Waals surface area contributed by atoms with Gasteiger partial charge in [0.2, 0.25) is 0 Å². The zero-order valence-corrected chi connectivity index (χ0v) is 8.45. The lowest BCUT2D eigenvalue weighted by Gasteiger charge is -2.06. The van der Waals surface area contributed by atoms with Crippen LogP contribution in [0.25, 0.3) is 0 Å². The number of hydrogen-bond acceptors (Lipinski definition) is 3. The van der Waals surface area contributed by atoms with Gasteiger partial charge in [0, 0.05) is 0 Å². The molecule has 1 rings (SSSR count). The number of aliphatic carboxylic acids is 1. The quantitative estimate of drug-likeness (QED) is 0.798. The van der Waals surface area contributed by atoms with Crippen LogP contribution in [0.5, 0.6) is 5.75 Å². The van der Waals surface area contributed by atoms with E-state index in [1.807, 2.05) is 0 Å². The Morgan fingerprint density at radius 1 is 1.43 bits per heavy atom. The van der Waals surface area contributed by atoms with Gasteiger partial charge in [0.1, 0.15) is 11.8 Å². The second-order valence-corrected chi connectivity index (χ2v) is 2.59. The number of nitrogens with two attached hydrogens (primary N) is 1. The number of halogens is 1. The molecule has 14 heavy (non-hydrogen) atoms. The summed E-state index contributed by atoms with van der Waals surface area (Å²) in [4.78, 5) is 10.5. The SMILES string of the molecule is COc1ccc(C(N)C(=O)O)cc1.Cl. The van der Waals surface area contributed by atoms with Gasteiger partial charge < -0.3 is 15.6 Å². The van der Waals surface area contributed by atoms with E-state index >= 15 is 0 Å². The molecule has 1 atom stereocenters. The standard InChI is InChI=1S/C9H11NO3.ClH/c1-13-7-4-2-6(3-5-7)8(10)9(11)12;/h2-5,8H,10H2,1H3,(H,11,12);1H. The van der Waals surface area contributed by atoms with Crippen LogP contribution in [0.2, 0.25) is 0 Å². The molecule has 1 aromatic carbocycles. The summed E-state index contributed by atoms with van der Waals surface area (Å²) in [5.74, 6) is -0.355. The molecule has 1 aromatic rings. The molecule has 0 aromatic heterocycles. The van der Waals surface area contributed by atoms with E-state index in [0.717, 1.165) is 0 Å². The van der Waals surface area contributed by atoms with Gasteiger partial charge in [-0.15, -0.1) is 12.4 Å². The van der Waals surface area contributed by atoms with E-state index in [1.165, 1.54) is 0 Å². The molecular weight excluding hydrogens is 206 g/mol. The Labute approximate surface area is 88.1 Å². The third kappa shape index (κ3) is 2.90. The van der Waals surface area contributed by atoms with Crippen molar-refractivity contribution in [3.8, 4) is 5.75 Å². The van der Waals surface area contributed by atoms with Gasteiger partial charge in [-0.05, 0) is 17.7 Å². The molecule has 0 spiro atoms. The summed E-state index contributed by atoms with van der Waals surface area (Å²) in [5, 5.41) is 8.61. The Kier molecular flexibility index (Phi) is 4.97. The van der Waals surface area contributed by atoms with Crippen LogP contribution < -0.4 is 10.5 Å². The number of hydrogen-bond donors (Lipinski definition) is 2. The van der Waals surface area contributed by atoms with E-state index in [0.29, 0.717) is 11.3 Å². The highest BCUT2D eigenvalue weighted by Gasteiger charge is 2.13. The fourth-order valence-electron chi connectivity index (χ4n) is 0.954. The maximum Gasteiger partial charge on any atom is 0.325 e. The fraction of sp³-hybridized carbons (Fsp3) is 0.222. The Hall–Kier alpha value is -1.26. The van der Waals surface area contributed by atoms with Crippen LogP contribution in [0.3, 0.4) is 0 Å². The molecule has 78 valence electrons. The second-order valence-electron chi connectivity index (χ2n) is 2.59. The largest absolute Gasteiger partial charge is 0.497 e. The van der Waals surface area contributed by atoms with Crippen LogP contribution in [-0.2, 0) is 4.79 Å². The molecule has 5 heteroatoms. The summed E-state index contributed by atoms with van der Waals surface area (Å²) < 4.78 is 4.92. The first-order valence-corrected chi connectivity index (χ1v) is 3.77. The van der Waals surface area contributed by atoms with Crippen molar-refractivity contribution in [1.82, 2.24) is 0 Å². The van der Waals surface area contributed by atoms with Crippen LogP contribution >= 0.6 is 12.4 Å². The molecule has 0 bridgehead atoms. The Morgan fingerprint density at radius 2 is 1.93 bits per heavy atom. The predicted octanol–water partition coefficient (Wildman–Crippen LogP) is 1.20. The maximum atomic E-state index is 10.5.